The van der Waals surface area contributed by atoms with Crippen LogP contribution in [0.2, 0.25) is 0 Å². The van der Waals surface area contributed by atoms with Crippen molar-refractivity contribution in [2.24, 2.45) is 0 Å². The summed E-state index contributed by atoms with van der Waals surface area (Å²) in [6.07, 6.45) is 5.55. The number of nitrogens with zero attached hydrogens (tertiary/aromatic N) is 2. The number of carbonyl (C=O) groups is 1. The first-order valence-corrected chi connectivity index (χ1v) is 5.72. The minimum absolute atomic E-state index is 0.750. The fourth-order valence-electron chi connectivity index (χ4n) is 1.48. The zero-order valence-electron chi connectivity index (χ0n) is 8.73. The zero-order valence-corrected chi connectivity index (χ0v) is 9.54. The Kier molecular flexibility index (Phi) is 2.68. The van der Waals surface area contributed by atoms with E-state index >= 15 is 0 Å². The van der Waals surface area contributed by atoms with E-state index in [1.54, 1.807) is 11.3 Å². The van der Waals surface area contributed by atoms with E-state index in [2.05, 4.69) is 4.98 Å². The number of fused-ring (bicyclic) bond motifs is 1. The van der Waals surface area contributed by atoms with Crippen LogP contribution in [0.5, 0.6) is 0 Å². The maximum Gasteiger partial charge on any atom is 0.194 e. The number of hydrogen-bond acceptors (Lipinski definition) is 3. The van der Waals surface area contributed by atoms with Crippen molar-refractivity contribution in [3.63, 3.8) is 0 Å². The molecule has 0 N–H and O–H groups in total. The molecule has 0 spiro atoms. The van der Waals surface area contributed by atoms with Gasteiger partial charge in [0.15, 0.2) is 4.96 Å². The maximum absolute atomic E-state index is 10.8. The molecule has 0 aromatic carbocycles. The van der Waals surface area contributed by atoms with Crippen molar-refractivity contribution in [3.05, 3.63) is 28.5 Å². The van der Waals surface area contributed by atoms with E-state index in [-0.39, 0.29) is 0 Å². The third-order valence-corrected chi connectivity index (χ3v) is 3.12. The van der Waals surface area contributed by atoms with Crippen molar-refractivity contribution in [3.8, 4) is 0 Å². The summed E-state index contributed by atoms with van der Waals surface area (Å²) < 4.78 is 2.01. The predicted octanol–water partition coefficient (Wildman–Crippen LogP) is 2.70. The largest absolute Gasteiger partial charge is 0.298 e. The van der Waals surface area contributed by atoms with Gasteiger partial charge in [0, 0.05) is 11.6 Å². The zero-order chi connectivity index (χ0) is 10.8. The van der Waals surface area contributed by atoms with E-state index in [9.17, 15) is 4.79 Å². The fourth-order valence-corrected chi connectivity index (χ4v) is 2.25. The second-order valence-corrected chi connectivity index (χ2v) is 4.20. The van der Waals surface area contributed by atoms with E-state index in [0.29, 0.717) is 0 Å². The van der Waals surface area contributed by atoms with Crippen LogP contribution in [-0.4, -0.2) is 15.7 Å². The van der Waals surface area contributed by atoms with Crippen LogP contribution in [-0.2, 0) is 4.79 Å². The van der Waals surface area contributed by atoms with Gasteiger partial charge in [0.2, 0.25) is 0 Å². The molecule has 0 saturated carbocycles. The molecule has 0 aliphatic carbocycles. The summed E-state index contributed by atoms with van der Waals surface area (Å²) in [5.41, 5.74) is 2.77. The number of allylic oxidation sites excluding steroid dienone is 1. The second kappa shape index (κ2) is 3.98. The summed E-state index contributed by atoms with van der Waals surface area (Å²) in [6, 6.07) is 0. The van der Waals surface area contributed by atoms with Crippen molar-refractivity contribution >= 4 is 28.7 Å². The average Bonchev–Trinajstić information content (AvgIpc) is 2.77. The molecule has 2 aromatic rings. The third-order valence-electron chi connectivity index (χ3n) is 2.36. The Morgan fingerprint density at radius 1 is 1.67 bits per heavy atom. The molecule has 0 fully saturated rings. The molecule has 0 saturated heterocycles. The molecular formula is C11H12N2OS. The SMILES string of the molecule is CC/C(C=O)=C/c1c(C)nc2sccn12. The summed E-state index contributed by atoms with van der Waals surface area (Å²) in [5, 5.41) is 1.99. The Labute approximate surface area is 92.1 Å². The quantitative estimate of drug-likeness (QED) is 0.588. The molecule has 2 aromatic heterocycles. The molecule has 78 valence electrons. The van der Waals surface area contributed by atoms with Crippen LogP contribution in [0.4, 0.5) is 0 Å². The molecule has 0 radical (unpaired) electrons. The Morgan fingerprint density at radius 2 is 2.47 bits per heavy atom. The Morgan fingerprint density at radius 3 is 3.13 bits per heavy atom. The molecule has 0 atom stereocenters. The molecule has 0 aliphatic rings. The van der Waals surface area contributed by atoms with Gasteiger partial charge in [-0.25, -0.2) is 4.98 Å². The van der Waals surface area contributed by atoms with Crippen LogP contribution in [0, 0.1) is 6.92 Å². The van der Waals surface area contributed by atoms with Crippen LogP contribution < -0.4 is 0 Å². The van der Waals surface area contributed by atoms with Crippen LogP contribution in [0.3, 0.4) is 0 Å². The normalized spacial score (nSPS) is 12.3. The van der Waals surface area contributed by atoms with Crippen LogP contribution in [0.25, 0.3) is 11.0 Å². The van der Waals surface area contributed by atoms with E-state index < -0.39 is 0 Å². The molecule has 15 heavy (non-hydrogen) atoms. The Bertz CT molecular complexity index is 522. The monoisotopic (exact) mass is 220 g/mol. The van der Waals surface area contributed by atoms with Crippen molar-refractivity contribution < 1.29 is 4.79 Å². The molecule has 0 unspecified atom stereocenters. The number of thiazole rings is 1. The van der Waals surface area contributed by atoms with Crippen LogP contribution in [0.15, 0.2) is 17.2 Å². The van der Waals surface area contributed by atoms with Crippen molar-refractivity contribution in [2.75, 3.05) is 0 Å². The number of imidazole rings is 1. The summed E-state index contributed by atoms with van der Waals surface area (Å²) in [7, 11) is 0. The van der Waals surface area contributed by atoms with Crippen LogP contribution >= 0.6 is 11.3 Å². The lowest BCUT2D eigenvalue weighted by Crippen LogP contribution is -1.88. The van der Waals surface area contributed by atoms with Crippen molar-refractivity contribution in [1.29, 1.82) is 0 Å². The molecule has 2 rings (SSSR count). The lowest BCUT2D eigenvalue weighted by atomic mass is 10.2. The van der Waals surface area contributed by atoms with Crippen molar-refractivity contribution in [1.82, 2.24) is 9.38 Å². The van der Waals surface area contributed by atoms with Gasteiger partial charge in [-0.05, 0) is 25.0 Å². The number of aromatic nitrogens is 2. The van der Waals surface area contributed by atoms with Gasteiger partial charge in [-0.1, -0.05) is 6.92 Å². The minimum Gasteiger partial charge on any atom is -0.298 e. The van der Waals surface area contributed by atoms with Crippen LogP contribution in [0.1, 0.15) is 24.7 Å². The summed E-state index contributed by atoms with van der Waals surface area (Å²) in [6.45, 7) is 3.94. The molecule has 4 heteroatoms. The fraction of sp³-hybridized carbons (Fsp3) is 0.273. The Hall–Kier alpha value is -1.42. The van der Waals surface area contributed by atoms with E-state index in [1.165, 1.54) is 0 Å². The topological polar surface area (TPSA) is 34.4 Å². The van der Waals surface area contributed by atoms with Gasteiger partial charge in [0.05, 0.1) is 11.4 Å². The summed E-state index contributed by atoms with van der Waals surface area (Å²) in [4.78, 5) is 16.1. The minimum atomic E-state index is 0.750. The number of aryl methyl sites for hydroxylation is 1. The molecule has 0 bridgehead atoms. The first-order chi connectivity index (χ1) is 7.26. The number of hydrogen-bond donors (Lipinski definition) is 0. The van der Waals surface area contributed by atoms with Gasteiger partial charge in [0.1, 0.15) is 6.29 Å². The van der Waals surface area contributed by atoms with Gasteiger partial charge < -0.3 is 0 Å². The van der Waals surface area contributed by atoms with Gasteiger partial charge in [-0.15, -0.1) is 11.3 Å². The molecule has 2 heterocycles. The first-order valence-electron chi connectivity index (χ1n) is 4.84. The first kappa shape index (κ1) is 10.1. The smallest absolute Gasteiger partial charge is 0.194 e. The highest BCUT2D eigenvalue weighted by molar-refractivity contribution is 7.15. The van der Waals surface area contributed by atoms with E-state index in [1.807, 2.05) is 35.9 Å². The number of aldehydes is 1. The molecule has 3 nitrogen and oxygen atoms in total. The molecule has 0 aliphatic heterocycles. The van der Waals surface area contributed by atoms with Crippen molar-refractivity contribution in [2.45, 2.75) is 20.3 Å². The summed E-state index contributed by atoms with van der Waals surface area (Å²) in [5.74, 6) is 0. The Balaban J connectivity index is 2.58. The van der Waals surface area contributed by atoms with E-state index in [4.69, 9.17) is 0 Å². The second-order valence-electron chi connectivity index (χ2n) is 3.33. The average molecular weight is 220 g/mol. The number of carbonyl (C=O) groups excluding carboxylic acids is 1. The van der Waals surface area contributed by atoms with Gasteiger partial charge >= 0.3 is 0 Å². The highest BCUT2D eigenvalue weighted by atomic mass is 32.1. The molecular weight excluding hydrogens is 208 g/mol. The van der Waals surface area contributed by atoms with Gasteiger partial charge in [0.25, 0.3) is 0 Å². The van der Waals surface area contributed by atoms with Gasteiger partial charge in [-0.2, -0.15) is 0 Å². The third kappa shape index (κ3) is 1.72. The summed E-state index contributed by atoms with van der Waals surface area (Å²) >= 11 is 1.60. The lowest BCUT2D eigenvalue weighted by Gasteiger charge is -1.95. The number of rotatable bonds is 3. The maximum atomic E-state index is 10.8. The molecule has 0 amide bonds. The highest BCUT2D eigenvalue weighted by Gasteiger charge is 2.07. The lowest BCUT2D eigenvalue weighted by molar-refractivity contribution is -0.104. The van der Waals surface area contributed by atoms with Gasteiger partial charge in [-0.3, -0.25) is 9.20 Å². The standard InChI is InChI=1S/C11H12N2OS/c1-3-9(7-14)6-10-8(2)12-11-13(10)4-5-15-11/h4-7H,3H2,1-2H3/b9-6-. The highest BCUT2D eigenvalue weighted by Crippen LogP contribution is 2.19. The predicted molar refractivity (Wildman–Crippen MR) is 62.1 cm³/mol. The van der Waals surface area contributed by atoms with E-state index in [0.717, 1.165) is 34.6 Å².